The minimum Gasteiger partial charge on any atom is -0.383 e. The summed E-state index contributed by atoms with van der Waals surface area (Å²) in [6.45, 7) is 2.98. The van der Waals surface area contributed by atoms with E-state index >= 15 is 0 Å². The van der Waals surface area contributed by atoms with Gasteiger partial charge in [0.05, 0.1) is 13.2 Å². The molecule has 1 aliphatic rings. The summed E-state index contributed by atoms with van der Waals surface area (Å²) in [5.41, 5.74) is 0.674. The van der Waals surface area contributed by atoms with Gasteiger partial charge in [0.25, 0.3) is 5.91 Å². The number of nitrogens with one attached hydrogen (secondary N) is 2. The molecule has 0 aliphatic carbocycles. The summed E-state index contributed by atoms with van der Waals surface area (Å²) in [7, 11) is 1.64. The molecule has 7 heteroatoms. The minimum atomic E-state index is -0.0448. The first-order chi connectivity index (χ1) is 11.2. The van der Waals surface area contributed by atoms with Gasteiger partial charge in [-0.3, -0.25) is 9.59 Å². The Morgan fingerprint density at radius 1 is 1.21 bits per heavy atom. The molecule has 1 aliphatic heterocycles. The normalized spacial score (nSPS) is 14.8. The predicted octanol–water partition coefficient (Wildman–Crippen LogP) is 1.07. The number of ether oxygens (including phenoxy) is 1. The van der Waals surface area contributed by atoms with Gasteiger partial charge in [0.15, 0.2) is 0 Å². The smallest absolute Gasteiger partial charge is 0.251 e. The number of likely N-dealkylation sites (tertiary alicyclic amines) is 1. The van der Waals surface area contributed by atoms with E-state index in [1.54, 1.807) is 19.2 Å². The Morgan fingerprint density at radius 2 is 1.88 bits per heavy atom. The van der Waals surface area contributed by atoms with Crippen LogP contribution in [0.25, 0.3) is 0 Å². The van der Waals surface area contributed by atoms with Gasteiger partial charge in [-0.2, -0.15) is 0 Å². The van der Waals surface area contributed by atoms with Crippen LogP contribution in [0, 0.1) is 0 Å². The molecular formula is C17H26ClN3O3. The van der Waals surface area contributed by atoms with Crippen LogP contribution in [0.2, 0.25) is 0 Å². The van der Waals surface area contributed by atoms with Crippen molar-refractivity contribution in [3.63, 3.8) is 0 Å². The summed E-state index contributed by atoms with van der Waals surface area (Å²) in [6, 6.07) is 9.34. The second-order valence-electron chi connectivity index (χ2n) is 5.66. The van der Waals surface area contributed by atoms with Gasteiger partial charge in [0.2, 0.25) is 5.91 Å². The number of piperidine rings is 1. The van der Waals surface area contributed by atoms with Crippen molar-refractivity contribution in [1.29, 1.82) is 0 Å². The summed E-state index contributed by atoms with van der Waals surface area (Å²) in [5, 5.41) is 6.11. The third kappa shape index (κ3) is 6.47. The first-order valence-corrected chi connectivity index (χ1v) is 8.04. The van der Waals surface area contributed by atoms with Gasteiger partial charge < -0.3 is 20.3 Å². The van der Waals surface area contributed by atoms with Crippen molar-refractivity contribution >= 4 is 24.2 Å². The molecule has 24 heavy (non-hydrogen) atoms. The zero-order valence-electron chi connectivity index (χ0n) is 14.0. The van der Waals surface area contributed by atoms with Crippen LogP contribution in [-0.4, -0.2) is 62.7 Å². The quantitative estimate of drug-likeness (QED) is 0.718. The Bertz CT molecular complexity index is 505. The summed E-state index contributed by atoms with van der Waals surface area (Å²) in [6.07, 6.45) is 1.59. The van der Waals surface area contributed by atoms with E-state index in [2.05, 4.69) is 10.6 Å². The number of hydrogen-bond acceptors (Lipinski definition) is 4. The summed E-state index contributed by atoms with van der Waals surface area (Å²) in [5.74, 6) is 0.0607. The molecule has 2 rings (SSSR count). The van der Waals surface area contributed by atoms with E-state index in [0.717, 1.165) is 12.8 Å². The zero-order valence-corrected chi connectivity index (χ0v) is 14.8. The second-order valence-corrected chi connectivity index (χ2v) is 5.66. The van der Waals surface area contributed by atoms with Gasteiger partial charge in [0.1, 0.15) is 0 Å². The molecule has 0 saturated carbocycles. The van der Waals surface area contributed by atoms with Crippen molar-refractivity contribution in [3.8, 4) is 0 Å². The third-order valence-corrected chi connectivity index (χ3v) is 3.98. The summed E-state index contributed by atoms with van der Waals surface area (Å²) < 4.78 is 4.93. The maximum Gasteiger partial charge on any atom is 0.251 e. The van der Waals surface area contributed by atoms with Crippen molar-refractivity contribution in [2.24, 2.45) is 0 Å². The van der Waals surface area contributed by atoms with Gasteiger partial charge in [-0.1, -0.05) is 18.2 Å². The molecule has 2 N–H and O–H groups in total. The third-order valence-electron chi connectivity index (χ3n) is 3.98. The predicted molar refractivity (Wildman–Crippen MR) is 95.5 cm³/mol. The van der Waals surface area contributed by atoms with Crippen molar-refractivity contribution in [2.75, 3.05) is 39.9 Å². The average molecular weight is 356 g/mol. The monoisotopic (exact) mass is 355 g/mol. The largest absolute Gasteiger partial charge is 0.383 e. The van der Waals surface area contributed by atoms with E-state index in [1.165, 1.54) is 0 Å². The van der Waals surface area contributed by atoms with E-state index < -0.39 is 0 Å². The Labute approximate surface area is 149 Å². The van der Waals surface area contributed by atoms with Crippen LogP contribution < -0.4 is 10.6 Å². The fourth-order valence-electron chi connectivity index (χ4n) is 2.61. The fraction of sp³-hybridized carbons (Fsp3) is 0.529. The second kappa shape index (κ2) is 11.0. The molecule has 1 heterocycles. The molecule has 1 fully saturated rings. The number of hydrogen-bond donors (Lipinski definition) is 2. The van der Waals surface area contributed by atoms with Gasteiger partial charge in [-0.15, -0.1) is 12.4 Å². The number of halogens is 1. The van der Waals surface area contributed by atoms with E-state index in [4.69, 9.17) is 4.74 Å². The van der Waals surface area contributed by atoms with E-state index in [1.807, 2.05) is 23.1 Å². The Morgan fingerprint density at radius 3 is 2.50 bits per heavy atom. The lowest BCUT2D eigenvalue weighted by Crippen LogP contribution is -2.48. The van der Waals surface area contributed by atoms with Crippen LogP contribution in [0.1, 0.15) is 23.2 Å². The van der Waals surface area contributed by atoms with Crippen LogP contribution in [-0.2, 0) is 9.53 Å². The molecule has 2 amide bonds. The number of amides is 2. The molecule has 1 saturated heterocycles. The Kier molecular flexibility index (Phi) is 9.37. The Hall–Kier alpha value is -1.63. The van der Waals surface area contributed by atoms with Crippen LogP contribution in [0.15, 0.2) is 30.3 Å². The lowest BCUT2D eigenvalue weighted by molar-refractivity contribution is -0.131. The van der Waals surface area contributed by atoms with Gasteiger partial charge in [0, 0.05) is 38.3 Å². The number of carbonyl (C=O) groups excluding carboxylic acids is 2. The first kappa shape index (κ1) is 20.4. The first-order valence-electron chi connectivity index (χ1n) is 8.04. The topological polar surface area (TPSA) is 70.7 Å². The average Bonchev–Trinajstić information content (AvgIpc) is 2.60. The molecule has 134 valence electrons. The number of carbonyl (C=O) groups is 2. The lowest BCUT2D eigenvalue weighted by Gasteiger charge is -2.32. The Balaban J connectivity index is 0.00000288. The number of benzene rings is 1. The molecule has 0 spiro atoms. The van der Waals surface area contributed by atoms with Gasteiger partial charge in [-0.25, -0.2) is 0 Å². The van der Waals surface area contributed by atoms with Crippen LogP contribution in [0.3, 0.4) is 0 Å². The van der Waals surface area contributed by atoms with Gasteiger partial charge in [-0.05, 0) is 25.0 Å². The molecule has 0 unspecified atom stereocenters. The number of nitrogens with zero attached hydrogens (tertiary/aromatic N) is 1. The van der Waals surface area contributed by atoms with Crippen LogP contribution >= 0.6 is 12.4 Å². The van der Waals surface area contributed by atoms with E-state index in [-0.39, 0.29) is 30.3 Å². The van der Waals surface area contributed by atoms with E-state index in [9.17, 15) is 9.59 Å². The molecule has 0 atom stereocenters. The van der Waals surface area contributed by atoms with Crippen LogP contribution in [0.4, 0.5) is 0 Å². The molecule has 0 bridgehead atoms. The highest BCUT2D eigenvalue weighted by atomic mass is 35.5. The maximum atomic E-state index is 12.1. The van der Waals surface area contributed by atoms with Crippen molar-refractivity contribution in [2.45, 2.75) is 18.9 Å². The highest BCUT2D eigenvalue weighted by Crippen LogP contribution is 2.11. The highest BCUT2D eigenvalue weighted by Gasteiger charge is 2.23. The van der Waals surface area contributed by atoms with E-state index in [0.29, 0.717) is 38.3 Å². The maximum absolute atomic E-state index is 12.1. The number of rotatable bonds is 7. The molecule has 6 nitrogen and oxygen atoms in total. The molecule has 0 aromatic heterocycles. The highest BCUT2D eigenvalue weighted by molar-refractivity contribution is 5.94. The minimum absolute atomic E-state index is 0. The standard InChI is InChI=1S/C17H25N3O3.ClH/c1-23-12-9-18-13-16(21)20-10-7-15(8-11-20)19-17(22)14-5-3-2-4-6-14;/h2-6,15,18H,7-13H2,1H3,(H,19,22);1H. The summed E-state index contributed by atoms with van der Waals surface area (Å²) >= 11 is 0. The molecular weight excluding hydrogens is 330 g/mol. The zero-order chi connectivity index (χ0) is 16.5. The lowest BCUT2D eigenvalue weighted by atomic mass is 10.0. The molecule has 0 radical (unpaired) electrons. The fourth-order valence-corrected chi connectivity index (χ4v) is 2.61. The van der Waals surface area contributed by atoms with Crippen LogP contribution in [0.5, 0.6) is 0 Å². The van der Waals surface area contributed by atoms with Crippen molar-refractivity contribution in [3.05, 3.63) is 35.9 Å². The van der Waals surface area contributed by atoms with Gasteiger partial charge >= 0.3 is 0 Å². The molecule has 1 aromatic carbocycles. The van der Waals surface area contributed by atoms with Crippen molar-refractivity contribution < 1.29 is 14.3 Å². The number of methoxy groups -OCH3 is 1. The SMILES string of the molecule is COCCNCC(=O)N1CCC(NC(=O)c2ccccc2)CC1.Cl. The summed E-state index contributed by atoms with van der Waals surface area (Å²) in [4.78, 5) is 26.0. The molecule has 1 aromatic rings. The van der Waals surface area contributed by atoms with Crippen molar-refractivity contribution in [1.82, 2.24) is 15.5 Å².